The molecule has 3 N–H and O–H groups in total. The van der Waals surface area contributed by atoms with E-state index < -0.39 is 12.2 Å². The Labute approximate surface area is 85.0 Å². The Balaban J connectivity index is 2.51. The number of ether oxygens (including phenoxy) is 1. The first-order valence-corrected chi connectivity index (χ1v) is 4.37. The van der Waals surface area contributed by atoms with Gasteiger partial charge in [-0.2, -0.15) is 0 Å². The summed E-state index contributed by atoms with van der Waals surface area (Å²) >= 11 is 0. The second kappa shape index (κ2) is 4.00. The molecule has 86 valence electrons. The number of nitrogens with two attached hydrogens (primary N) is 1. The van der Waals surface area contributed by atoms with Gasteiger partial charge in [0.2, 0.25) is 0 Å². The summed E-state index contributed by atoms with van der Waals surface area (Å²) in [6.45, 7) is 2.54. The van der Waals surface area contributed by atoms with Crippen LogP contribution in [0.4, 0.5) is 13.2 Å². The van der Waals surface area contributed by atoms with Crippen LogP contribution in [0.25, 0.3) is 0 Å². The molecule has 0 aromatic rings. The summed E-state index contributed by atoms with van der Waals surface area (Å²) in [6.07, 6.45) is -3.01. The van der Waals surface area contributed by atoms with Crippen LogP contribution >= 0.6 is 0 Å². The van der Waals surface area contributed by atoms with Crippen LogP contribution in [0.2, 0.25) is 0 Å². The van der Waals surface area contributed by atoms with Gasteiger partial charge in [-0.1, -0.05) is 0 Å². The lowest BCUT2D eigenvalue weighted by Crippen LogP contribution is -2.48. The maximum atomic E-state index is 11.7. The normalized spacial score (nSPS) is 22.3. The fourth-order valence-electron chi connectivity index (χ4n) is 1.26. The van der Waals surface area contributed by atoms with E-state index in [4.69, 9.17) is 11.1 Å². The summed E-state index contributed by atoms with van der Waals surface area (Å²) in [5.41, 5.74) is 4.97. The Kier molecular flexibility index (Phi) is 3.11. The molecule has 0 spiro atoms. The van der Waals surface area contributed by atoms with Crippen LogP contribution in [0, 0.1) is 5.41 Å². The first-order chi connectivity index (χ1) is 6.79. The molecule has 1 fully saturated rings. The number of amidine groups is 1. The number of hydrogen-bond donors (Lipinski definition) is 2. The highest BCUT2D eigenvalue weighted by Gasteiger charge is 2.32. The molecular formula is C8H12F3N3O. The van der Waals surface area contributed by atoms with Crippen LogP contribution in [0.1, 0.15) is 13.3 Å². The van der Waals surface area contributed by atoms with Gasteiger partial charge in [0.25, 0.3) is 0 Å². The van der Waals surface area contributed by atoms with E-state index in [2.05, 4.69) is 4.74 Å². The molecule has 0 bridgehead atoms. The summed E-state index contributed by atoms with van der Waals surface area (Å²) in [5, 5.41) is 7.44. The van der Waals surface area contributed by atoms with Crippen LogP contribution in [0.5, 0.6) is 0 Å². The zero-order chi connectivity index (χ0) is 11.6. The van der Waals surface area contributed by atoms with E-state index >= 15 is 0 Å². The molecule has 0 aliphatic carbocycles. The minimum Gasteiger partial charge on any atom is -0.390 e. The van der Waals surface area contributed by atoms with E-state index in [0.717, 1.165) is 12.5 Å². The van der Waals surface area contributed by atoms with Gasteiger partial charge in [-0.3, -0.25) is 5.41 Å². The van der Waals surface area contributed by atoms with E-state index in [1.54, 1.807) is 4.90 Å². The predicted molar refractivity (Wildman–Crippen MR) is 47.9 cm³/mol. The summed E-state index contributed by atoms with van der Waals surface area (Å²) < 4.78 is 38.5. The number of alkyl halides is 3. The number of nitrogens with one attached hydrogen (secondary N) is 1. The SMILES string of the molecule is C[C@H]1CCN1C(=N)C=C(N)OC(F)(F)F. The summed E-state index contributed by atoms with van der Waals surface area (Å²) in [7, 11) is 0. The van der Waals surface area contributed by atoms with E-state index in [9.17, 15) is 13.2 Å². The minimum atomic E-state index is -4.80. The molecule has 0 unspecified atom stereocenters. The molecular weight excluding hydrogens is 211 g/mol. The van der Waals surface area contributed by atoms with Crippen molar-refractivity contribution in [3.05, 3.63) is 12.0 Å². The van der Waals surface area contributed by atoms with Crippen LogP contribution in [0.15, 0.2) is 12.0 Å². The van der Waals surface area contributed by atoms with Crippen LogP contribution in [-0.2, 0) is 4.74 Å². The van der Waals surface area contributed by atoms with Crippen molar-refractivity contribution in [2.45, 2.75) is 25.7 Å². The smallest absolute Gasteiger partial charge is 0.390 e. The Hall–Kier alpha value is -1.40. The van der Waals surface area contributed by atoms with Crippen molar-refractivity contribution in [3.63, 3.8) is 0 Å². The molecule has 1 heterocycles. The molecule has 1 atom stereocenters. The molecule has 0 amide bonds. The Morgan fingerprint density at radius 2 is 2.20 bits per heavy atom. The zero-order valence-corrected chi connectivity index (χ0v) is 8.14. The molecule has 7 heteroatoms. The molecule has 1 aliphatic rings. The number of likely N-dealkylation sites (tertiary alicyclic amines) is 1. The molecule has 1 rings (SSSR count). The van der Waals surface area contributed by atoms with Crippen molar-refractivity contribution in [1.82, 2.24) is 4.90 Å². The van der Waals surface area contributed by atoms with Gasteiger partial charge in [0, 0.05) is 18.7 Å². The highest BCUT2D eigenvalue weighted by Crippen LogP contribution is 2.20. The molecule has 0 radical (unpaired) electrons. The standard InChI is InChI=1S/C8H12F3N3O/c1-5-2-3-14(5)6(12)4-7(13)15-8(9,10)11/h4-5,12H,2-3,13H2,1H3/t5-/m0/s1. The van der Waals surface area contributed by atoms with Gasteiger partial charge in [0.15, 0.2) is 5.88 Å². The summed E-state index contributed by atoms with van der Waals surface area (Å²) in [5.74, 6) is -0.873. The Morgan fingerprint density at radius 3 is 2.53 bits per heavy atom. The molecule has 0 aromatic heterocycles. The van der Waals surface area contributed by atoms with Crippen molar-refractivity contribution in [2.24, 2.45) is 5.73 Å². The third-order valence-corrected chi connectivity index (χ3v) is 2.14. The van der Waals surface area contributed by atoms with Gasteiger partial charge >= 0.3 is 6.36 Å². The van der Waals surface area contributed by atoms with Crippen molar-refractivity contribution in [1.29, 1.82) is 5.41 Å². The third-order valence-electron chi connectivity index (χ3n) is 2.14. The van der Waals surface area contributed by atoms with Gasteiger partial charge in [-0.15, -0.1) is 13.2 Å². The maximum absolute atomic E-state index is 11.7. The van der Waals surface area contributed by atoms with Gasteiger partial charge < -0.3 is 15.4 Å². The molecule has 1 saturated heterocycles. The topological polar surface area (TPSA) is 62.3 Å². The van der Waals surface area contributed by atoms with Crippen LogP contribution in [0.3, 0.4) is 0 Å². The van der Waals surface area contributed by atoms with Crippen LogP contribution in [-0.4, -0.2) is 29.7 Å². The van der Waals surface area contributed by atoms with Crippen molar-refractivity contribution in [3.8, 4) is 0 Å². The monoisotopic (exact) mass is 223 g/mol. The number of hydrogen-bond acceptors (Lipinski definition) is 3. The first-order valence-electron chi connectivity index (χ1n) is 4.37. The predicted octanol–water partition coefficient (Wildman–Crippen LogP) is 1.39. The largest absolute Gasteiger partial charge is 0.574 e. The number of halogens is 3. The van der Waals surface area contributed by atoms with E-state index in [1.807, 2.05) is 6.92 Å². The highest BCUT2D eigenvalue weighted by atomic mass is 19.4. The van der Waals surface area contributed by atoms with E-state index in [0.29, 0.717) is 6.54 Å². The molecule has 1 aliphatic heterocycles. The lowest BCUT2D eigenvalue weighted by atomic mass is 10.1. The number of rotatable bonds is 2. The zero-order valence-electron chi connectivity index (χ0n) is 8.14. The van der Waals surface area contributed by atoms with E-state index in [1.165, 1.54) is 0 Å². The average molecular weight is 223 g/mol. The second-order valence-corrected chi connectivity index (χ2v) is 3.31. The van der Waals surface area contributed by atoms with Gasteiger partial charge in [0.1, 0.15) is 5.84 Å². The Bertz CT molecular complexity index is 287. The molecule has 4 nitrogen and oxygen atoms in total. The summed E-state index contributed by atoms with van der Waals surface area (Å²) in [4.78, 5) is 1.63. The summed E-state index contributed by atoms with van der Waals surface area (Å²) in [6, 6.07) is 0.174. The molecule has 15 heavy (non-hydrogen) atoms. The number of nitrogens with zero attached hydrogens (tertiary/aromatic N) is 1. The third kappa shape index (κ3) is 3.34. The first kappa shape index (κ1) is 11.7. The quantitative estimate of drug-likeness (QED) is 0.422. The van der Waals surface area contributed by atoms with Crippen molar-refractivity contribution >= 4 is 5.84 Å². The highest BCUT2D eigenvalue weighted by molar-refractivity contribution is 5.91. The lowest BCUT2D eigenvalue weighted by molar-refractivity contribution is -0.305. The fourth-order valence-corrected chi connectivity index (χ4v) is 1.26. The Morgan fingerprint density at radius 1 is 1.60 bits per heavy atom. The fraction of sp³-hybridized carbons (Fsp3) is 0.625. The van der Waals surface area contributed by atoms with Gasteiger partial charge in [-0.25, -0.2) is 0 Å². The average Bonchev–Trinajstić information content (AvgIpc) is 1.97. The molecule has 0 saturated carbocycles. The lowest BCUT2D eigenvalue weighted by Gasteiger charge is -2.39. The maximum Gasteiger partial charge on any atom is 0.574 e. The van der Waals surface area contributed by atoms with Gasteiger partial charge in [0.05, 0.1) is 0 Å². The van der Waals surface area contributed by atoms with E-state index in [-0.39, 0.29) is 11.9 Å². The van der Waals surface area contributed by atoms with Crippen molar-refractivity contribution < 1.29 is 17.9 Å². The van der Waals surface area contributed by atoms with Gasteiger partial charge in [-0.05, 0) is 13.3 Å². The second-order valence-electron chi connectivity index (χ2n) is 3.31. The molecule has 0 aromatic carbocycles. The van der Waals surface area contributed by atoms with Crippen molar-refractivity contribution in [2.75, 3.05) is 6.54 Å². The minimum absolute atomic E-state index is 0.0597. The van der Waals surface area contributed by atoms with Crippen LogP contribution < -0.4 is 5.73 Å².